The van der Waals surface area contributed by atoms with Gasteiger partial charge < -0.3 is 4.74 Å². The number of carbonyl (C=O) groups is 2. The van der Waals surface area contributed by atoms with E-state index in [1.165, 1.54) is 4.90 Å². The molecule has 1 saturated heterocycles. The van der Waals surface area contributed by atoms with Gasteiger partial charge in [-0.05, 0) is 18.1 Å². The Balaban J connectivity index is 2.25. The number of anilines is 1. The van der Waals surface area contributed by atoms with Crippen molar-refractivity contribution < 1.29 is 14.3 Å². The second kappa shape index (κ2) is 4.97. The average Bonchev–Trinajstić information content (AvgIpc) is 2.66. The summed E-state index contributed by atoms with van der Waals surface area (Å²) in [5.74, 6) is -0.267. The number of rotatable bonds is 4. The summed E-state index contributed by atoms with van der Waals surface area (Å²) in [5.41, 5.74) is 1.77. The van der Waals surface area contributed by atoms with Crippen LogP contribution in [-0.4, -0.2) is 32.2 Å². The predicted octanol–water partition coefficient (Wildman–Crippen LogP) is 0.932. The summed E-state index contributed by atoms with van der Waals surface area (Å²) in [6, 6.07) is 7.17. The van der Waals surface area contributed by atoms with E-state index in [1.807, 2.05) is 24.3 Å². The van der Waals surface area contributed by atoms with Crippen molar-refractivity contribution in [2.75, 3.05) is 25.2 Å². The van der Waals surface area contributed by atoms with Gasteiger partial charge in [0.15, 0.2) is 0 Å². The Bertz CT molecular complexity index is 445. The van der Waals surface area contributed by atoms with Gasteiger partial charge in [-0.2, -0.15) is 0 Å². The van der Waals surface area contributed by atoms with Gasteiger partial charge >= 0.3 is 6.03 Å². The quantitative estimate of drug-likeness (QED) is 0.788. The van der Waals surface area contributed by atoms with Crippen LogP contribution in [0.1, 0.15) is 5.56 Å². The van der Waals surface area contributed by atoms with Gasteiger partial charge in [-0.25, -0.2) is 4.79 Å². The standard InChI is InChI=1S/C12H14N2O3/c1-17-7-6-9-4-2-3-5-10(9)14-8-11(15)13-12(14)16/h2-5H,6-8H2,1H3,(H,13,15,16). The molecule has 0 unspecified atom stereocenters. The highest BCUT2D eigenvalue weighted by atomic mass is 16.5. The second-order valence-corrected chi connectivity index (χ2v) is 3.81. The molecular weight excluding hydrogens is 220 g/mol. The van der Waals surface area contributed by atoms with Gasteiger partial charge in [0.25, 0.3) is 0 Å². The number of benzene rings is 1. The molecule has 0 bridgehead atoms. The first-order chi connectivity index (χ1) is 8.22. The zero-order chi connectivity index (χ0) is 12.3. The third-order valence-corrected chi connectivity index (χ3v) is 2.65. The molecule has 1 aliphatic rings. The Morgan fingerprint density at radius 2 is 2.12 bits per heavy atom. The van der Waals surface area contributed by atoms with Crippen LogP contribution in [0.4, 0.5) is 10.5 Å². The molecule has 1 fully saturated rings. The minimum atomic E-state index is -0.361. The maximum atomic E-state index is 11.6. The SMILES string of the molecule is COCCc1ccccc1N1CC(=O)NC1=O. The van der Waals surface area contributed by atoms with E-state index >= 15 is 0 Å². The lowest BCUT2D eigenvalue weighted by Crippen LogP contribution is -2.28. The number of hydrogen-bond acceptors (Lipinski definition) is 3. The summed E-state index contributed by atoms with van der Waals surface area (Å²) in [7, 11) is 1.63. The fourth-order valence-electron chi connectivity index (χ4n) is 1.83. The zero-order valence-electron chi connectivity index (χ0n) is 9.60. The number of methoxy groups -OCH3 is 1. The smallest absolute Gasteiger partial charge is 0.329 e. The molecular formula is C12H14N2O3. The van der Waals surface area contributed by atoms with E-state index < -0.39 is 0 Å². The third-order valence-electron chi connectivity index (χ3n) is 2.65. The molecule has 0 atom stereocenters. The van der Waals surface area contributed by atoms with E-state index in [0.717, 1.165) is 11.3 Å². The van der Waals surface area contributed by atoms with Gasteiger partial charge in [0.1, 0.15) is 6.54 Å². The van der Waals surface area contributed by atoms with E-state index in [1.54, 1.807) is 7.11 Å². The highest BCUT2D eigenvalue weighted by molar-refractivity contribution is 6.12. The Morgan fingerprint density at radius 3 is 2.76 bits per heavy atom. The van der Waals surface area contributed by atoms with Crippen LogP contribution in [0.15, 0.2) is 24.3 Å². The van der Waals surface area contributed by atoms with E-state index in [4.69, 9.17) is 4.74 Å². The molecule has 0 aromatic heterocycles. The Labute approximate surface area is 99.4 Å². The molecule has 2 rings (SSSR count). The van der Waals surface area contributed by atoms with E-state index in [9.17, 15) is 9.59 Å². The van der Waals surface area contributed by atoms with E-state index in [0.29, 0.717) is 13.0 Å². The number of carbonyl (C=O) groups excluding carboxylic acids is 2. The average molecular weight is 234 g/mol. The van der Waals surface area contributed by atoms with E-state index in [-0.39, 0.29) is 18.5 Å². The van der Waals surface area contributed by atoms with Crippen molar-refractivity contribution >= 4 is 17.6 Å². The number of urea groups is 1. The molecule has 0 aliphatic carbocycles. The number of ether oxygens (including phenoxy) is 1. The van der Waals surface area contributed by atoms with Gasteiger partial charge in [-0.3, -0.25) is 15.0 Å². The monoisotopic (exact) mass is 234 g/mol. The minimum Gasteiger partial charge on any atom is -0.384 e. The Morgan fingerprint density at radius 1 is 1.35 bits per heavy atom. The largest absolute Gasteiger partial charge is 0.384 e. The van der Waals surface area contributed by atoms with Crippen LogP contribution in [0.5, 0.6) is 0 Å². The number of imide groups is 1. The van der Waals surface area contributed by atoms with Gasteiger partial charge in [-0.15, -0.1) is 0 Å². The number of hydrogen-bond donors (Lipinski definition) is 1. The summed E-state index contributed by atoms with van der Waals surface area (Å²) >= 11 is 0. The van der Waals surface area contributed by atoms with Crippen molar-refractivity contribution in [2.24, 2.45) is 0 Å². The van der Waals surface area contributed by atoms with Crippen molar-refractivity contribution in [1.82, 2.24) is 5.32 Å². The lowest BCUT2D eigenvalue weighted by Gasteiger charge is -2.17. The van der Waals surface area contributed by atoms with Crippen LogP contribution < -0.4 is 10.2 Å². The van der Waals surface area contributed by atoms with Crippen molar-refractivity contribution in [3.8, 4) is 0 Å². The lowest BCUT2D eigenvalue weighted by atomic mass is 10.1. The predicted molar refractivity (Wildman–Crippen MR) is 62.9 cm³/mol. The molecule has 0 radical (unpaired) electrons. The van der Waals surface area contributed by atoms with Gasteiger partial charge in [0.2, 0.25) is 5.91 Å². The Hall–Kier alpha value is -1.88. The maximum Gasteiger partial charge on any atom is 0.329 e. The van der Waals surface area contributed by atoms with Crippen molar-refractivity contribution in [1.29, 1.82) is 0 Å². The molecule has 90 valence electrons. The van der Waals surface area contributed by atoms with Crippen molar-refractivity contribution in [3.05, 3.63) is 29.8 Å². The number of nitrogens with one attached hydrogen (secondary N) is 1. The molecule has 5 nitrogen and oxygen atoms in total. The molecule has 17 heavy (non-hydrogen) atoms. The summed E-state index contributed by atoms with van der Waals surface area (Å²) in [6.45, 7) is 0.670. The fourth-order valence-corrected chi connectivity index (χ4v) is 1.83. The normalized spacial score (nSPS) is 15.2. The molecule has 0 saturated carbocycles. The highest BCUT2D eigenvalue weighted by Crippen LogP contribution is 2.22. The molecule has 0 spiro atoms. The van der Waals surface area contributed by atoms with Gasteiger partial charge in [0.05, 0.1) is 6.61 Å². The molecule has 1 aromatic rings. The zero-order valence-corrected chi connectivity index (χ0v) is 9.60. The van der Waals surface area contributed by atoms with Gasteiger partial charge in [-0.1, -0.05) is 18.2 Å². The first-order valence-electron chi connectivity index (χ1n) is 5.40. The van der Waals surface area contributed by atoms with E-state index in [2.05, 4.69) is 5.32 Å². The third kappa shape index (κ3) is 2.45. The van der Waals surface area contributed by atoms with Crippen molar-refractivity contribution in [3.63, 3.8) is 0 Å². The summed E-state index contributed by atoms with van der Waals surface area (Å²) in [6.07, 6.45) is 0.713. The highest BCUT2D eigenvalue weighted by Gasteiger charge is 2.29. The summed E-state index contributed by atoms with van der Waals surface area (Å²) in [4.78, 5) is 24.2. The summed E-state index contributed by atoms with van der Waals surface area (Å²) < 4.78 is 5.03. The number of nitrogens with zero attached hydrogens (tertiary/aromatic N) is 1. The molecule has 3 amide bonds. The van der Waals surface area contributed by atoms with Crippen LogP contribution >= 0.6 is 0 Å². The van der Waals surface area contributed by atoms with Crippen LogP contribution in [0.25, 0.3) is 0 Å². The molecule has 5 heteroatoms. The summed E-state index contributed by atoms with van der Waals surface area (Å²) in [5, 5.41) is 2.27. The van der Waals surface area contributed by atoms with Crippen LogP contribution in [0.2, 0.25) is 0 Å². The number of para-hydroxylation sites is 1. The number of amides is 3. The molecule has 1 aliphatic heterocycles. The first kappa shape index (κ1) is 11.6. The topological polar surface area (TPSA) is 58.6 Å². The molecule has 1 N–H and O–H groups in total. The van der Waals surface area contributed by atoms with Crippen LogP contribution in [0.3, 0.4) is 0 Å². The lowest BCUT2D eigenvalue weighted by molar-refractivity contribution is -0.117. The van der Waals surface area contributed by atoms with Gasteiger partial charge in [0, 0.05) is 12.8 Å². The van der Waals surface area contributed by atoms with Crippen LogP contribution in [0, 0.1) is 0 Å². The second-order valence-electron chi connectivity index (χ2n) is 3.81. The van der Waals surface area contributed by atoms with Crippen molar-refractivity contribution in [2.45, 2.75) is 6.42 Å². The first-order valence-corrected chi connectivity index (χ1v) is 5.40. The maximum absolute atomic E-state index is 11.6. The molecule has 1 heterocycles. The van der Waals surface area contributed by atoms with Crippen LogP contribution in [-0.2, 0) is 16.0 Å². The fraction of sp³-hybridized carbons (Fsp3) is 0.333. The minimum absolute atomic E-state index is 0.0861. The Kier molecular flexibility index (Phi) is 3.39. The molecule has 1 aromatic carbocycles.